The van der Waals surface area contributed by atoms with Gasteiger partial charge in [-0.25, -0.2) is 0 Å². The fourth-order valence-corrected chi connectivity index (χ4v) is 1.58. The summed E-state index contributed by atoms with van der Waals surface area (Å²) in [5, 5.41) is 3.92. The monoisotopic (exact) mass is 235 g/mol. The lowest BCUT2D eigenvalue weighted by molar-refractivity contribution is 0.399. The molecule has 17 heavy (non-hydrogen) atoms. The standard InChI is InChI=1S/C12H17N3O2/c1-4-9-8(5-6-16-9)12-14-11(15-17-12)10(13)7(2)3/h5-7,10H,4,13H2,1-3H3. The Morgan fingerprint density at radius 1 is 1.41 bits per heavy atom. The van der Waals surface area contributed by atoms with E-state index in [2.05, 4.69) is 10.1 Å². The van der Waals surface area contributed by atoms with Crippen molar-refractivity contribution in [3.8, 4) is 11.5 Å². The molecule has 0 radical (unpaired) electrons. The van der Waals surface area contributed by atoms with Crippen molar-refractivity contribution in [3.05, 3.63) is 23.9 Å². The Morgan fingerprint density at radius 2 is 2.18 bits per heavy atom. The zero-order valence-corrected chi connectivity index (χ0v) is 10.3. The van der Waals surface area contributed by atoms with Crippen LogP contribution in [0.2, 0.25) is 0 Å². The van der Waals surface area contributed by atoms with Gasteiger partial charge in [0.15, 0.2) is 5.82 Å². The molecule has 1 unspecified atom stereocenters. The van der Waals surface area contributed by atoms with E-state index in [9.17, 15) is 0 Å². The molecule has 0 fully saturated rings. The first-order valence-electron chi connectivity index (χ1n) is 5.79. The fourth-order valence-electron chi connectivity index (χ4n) is 1.58. The summed E-state index contributed by atoms with van der Waals surface area (Å²) in [6.45, 7) is 6.06. The van der Waals surface area contributed by atoms with Gasteiger partial charge in [-0.3, -0.25) is 0 Å². The van der Waals surface area contributed by atoms with Crippen molar-refractivity contribution in [1.82, 2.24) is 10.1 Å². The van der Waals surface area contributed by atoms with Crippen molar-refractivity contribution in [2.75, 3.05) is 0 Å². The second-order valence-electron chi connectivity index (χ2n) is 4.34. The number of nitrogens with two attached hydrogens (primary N) is 1. The van der Waals surface area contributed by atoms with Crippen molar-refractivity contribution in [3.63, 3.8) is 0 Å². The zero-order valence-electron chi connectivity index (χ0n) is 10.3. The predicted molar refractivity (Wildman–Crippen MR) is 63.1 cm³/mol. The van der Waals surface area contributed by atoms with Crippen LogP contribution >= 0.6 is 0 Å². The molecule has 0 bridgehead atoms. The van der Waals surface area contributed by atoms with Crippen LogP contribution in [0.25, 0.3) is 11.5 Å². The van der Waals surface area contributed by atoms with E-state index in [1.165, 1.54) is 0 Å². The molecule has 2 aromatic heterocycles. The second-order valence-corrected chi connectivity index (χ2v) is 4.34. The minimum Gasteiger partial charge on any atom is -0.469 e. The highest BCUT2D eigenvalue weighted by molar-refractivity contribution is 5.55. The molecular formula is C12H17N3O2. The van der Waals surface area contributed by atoms with Crippen LogP contribution in [0.1, 0.15) is 38.4 Å². The first-order chi connectivity index (χ1) is 8.13. The molecular weight excluding hydrogens is 218 g/mol. The Balaban J connectivity index is 2.30. The van der Waals surface area contributed by atoms with E-state index in [0.29, 0.717) is 11.7 Å². The topological polar surface area (TPSA) is 78.1 Å². The molecule has 0 aliphatic carbocycles. The summed E-state index contributed by atoms with van der Waals surface area (Å²) in [4.78, 5) is 4.32. The van der Waals surface area contributed by atoms with Gasteiger partial charge in [0.2, 0.25) is 0 Å². The van der Waals surface area contributed by atoms with Crippen LogP contribution in [-0.4, -0.2) is 10.1 Å². The van der Waals surface area contributed by atoms with Gasteiger partial charge < -0.3 is 14.7 Å². The third-order valence-corrected chi connectivity index (χ3v) is 2.76. The zero-order chi connectivity index (χ0) is 12.4. The third kappa shape index (κ3) is 2.24. The maximum Gasteiger partial charge on any atom is 0.261 e. The summed E-state index contributed by atoms with van der Waals surface area (Å²) >= 11 is 0. The molecule has 92 valence electrons. The SMILES string of the molecule is CCc1occc1-c1nc(C(N)C(C)C)no1. The van der Waals surface area contributed by atoms with E-state index in [0.717, 1.165) is 17.7 Å². The molecule has 0 amide bonds. The Hall–Kier alpha value is -1.62. The molecule has 2 heterocycles. The van der Waals surface area contributed by atoms with Gasteiger partial charge in [0, 0.05) is 6.42 Å². The summed E-state index contributed by atoms with van der Waals surface area (Å²) in [5.41, 5.74) is 6.82. The van der Waals surface area contributed by atoms with Crippen molar-refractivity contribution in [1.29, 1.82) is 0 Å². The van der Waals surface area contributed by atoms with Crippen LogP contribution in [0.3, 0.4) is 0 Å². The van der Waals surface area contributed by atoms with Gasteiger partial charge in [0.1, 0.15) is 5.76 Å². The molecule has 0 saturated carbocycles. The normalized spacial score (nSPS) is 13.2. The van der Waals surface area contributed by atoms with Crippen LogP contribution in [0, 0.1) is 5.92 Å². The maximum absolute atomic E-state index is 5.97. The summed E-state index contributed by atoms with van der Waals surface area (Å²) in [6, 6.07) is 1.63. The number of rotatable bonds is 4. The van der Waals surface area contributed by atoms with Crippen molar-refractivity contribution in [2.24, 2.45) is 11.7 Å². The first kappa shape index (κ1) is 11.9. The number of aryl methyl sites for hydroxylation is 1. The molecule has 2 N–H and O–H groups in total. The van der Waals surface area contributed by atoms with Crippen LogP contribution in [0.15, 0.2) is 21.3 Å². The van der Waals surface area contributed by atoms with E-state index >= 15 is 0 Å². The lowest BCUT2D eigenvalue weighted by Crippen LogP contribution is -2.18. The summed E-state index contributed by atoms with van der Waals surface area (Å²) < 4.78 is 10.5. The third-order valence-electron chi connectivity index (χ3n) is 2.76. The van der Waals surface area contributed by atoms with Crippen LogP contribution in [0.4, 0.5) is 0 Å². The molecule has 0 aliphatic heterocycles. The number of furan rings is 1. The lowest BCUT2D eigenvalue weighted by Gasteiger charge is -2.09. The highest BCUT2D eigenvalue weighted by atomic mass is 16.5. The van der Waals surface area contributed by atoms with Crippen LogP contribution in [-0.2, 0) is 6.42 Å². The van der Waals surface area contributed by atoms with E-state index in [-0.39, 0.29) is 12.0 Å². The van der Waals surface area contributed by atoms with E-state index < -0.39 is 0 Å². The smallest absolute Gasteiger partial charge is 0.261 e. The molecule has 1 atom stereocenters. The number of aromatic nitrogens is 2. The van der Waals surface area contributed by atoms with Gasteiger partial charge in [-0.2, -0.15) is 4.98 Å². The largest absolute Gasteiger partial charge is 0.469 e. The minimum atomic E-state index is -0.204. The van der Waals surface area contributed by atoms with Crippen molar-refractivity contribution in [2.45, 2.75) is 33.2 Å². The predicted octanol–water partition coefficient (Wildman–Crippen LogP) is 2.55. The molecule has 5 heteroatoms. The maximum atomic E-state index is 5.97. The van der Waals surface area contributed by atoms with Gasteiger partial charge >= 0.3 is 0 Å². The van der Waals surface area contributed by atoms with E-state index in [1.807, 2.05) is 26.8 Å². The van der Waals surface area contributed by atoms with Gasteiger partial charge in [-0.05, 0) is 12.0 Å². The highest BCUT2D eigenvalue weighted by Crippen LogP contribution is 2.25. The van der Waals surface area contributed by atoms with Gasteiger partial charge in [-0.1, -0.05) is 25.9 Å². The average Bonchev–Trinajstić information content (AvgIpc) is 2.95. The summed E-state index contributed by atoms with van der Waals surface area (Å²) in [6.07, 6.45) is 2.41. The van der Waals surface area contributed by atoms with Gasteiger partial charge in [0.25, 0.3) is 5.89 Å². The minimum absolute atomic E-state index is 0.204. The van der Waals surface area contributed by atoms with Crippen molar-refractivity contribution >= 4 is 0 Å². The van der Waals surface area contributed by atoms with Gasteiger partial charge in [-0.15, -0.1) is 0 Å². The van der Waals surface area contributed by atoms with E-state index in [4.69, 9.17) is 14.7 Å². The highest BCUT2D eigenvalue weighted by Gasteiger charge is 2.20. The second kappa shape index (κ2) is 4.71. The molecule has 0 aromatic carbocycles. The molecule has 2 rings (SSSR count). The van der Waals surface area contributed by atoms with E-state index in [1.54, 1.807) is 6.26 Å². The summed E-state index contributed by atoms with van der Waals surface area (Å²) in [7, 11) is 0. The quantitative estimate of drug-likeness (QED) is 0.881. The first-order valence-corrected chi connectivity index (χ1v) is 5.79. The Labute approximate surface area is 100.0 Å². The Morgan fingerprint density at radius 3 is 2.82 bits per heavy atom. The van der Waals surface area contributed by atoms with Gasteiger partial charge in [0.05, 0.1) is 17.9 Å². The molecule has 0 saturated heterocycles. The summed E-state index contributed by atoms with van der Waals surface area (Å²) in [5.74, 6) is 2.13. The number of hydrogen-bond donors (Lipinski definition) is 1. The molecule has 2 aromatic rings. The Kier molecular flexibility index (Phi) is 3.28. The molecule has 0 spiro atoms. The van der Waals surface area contributed by atoms with Crippen molar-refractivity contribution < 1.29 is 8.94 Å². The lowest BCUT2D eigenvalue weighted by atomic mass is 10.1. The van der Waals surface area contributed by atoms with Crippen LogP contribution < -0.4 is 5.73 Å². The molecule has 5 nitrogen and oxygen atoms in total. The van der Waals surface area contributed by atoms with Crippen LogP contribution in [0.5, 0.6) is 0 Å². The number of nitrogens with zero attached hydrogens (tertiary/aromatic N) is 2. The number of hydrogen-bond acceptors (Lipinski definition) is 5. The fraction of sp³-hybridized carbons (Fsp3) is 0.500. The molecule has 0 aliphatic rings. The Bertz CT molecular complexity index is 487. The average molecular weight is 235 g/mol.